The zero-order valence-electron chi connectivity index (χ0n) is 17.6. The van der Waals surface area contributed by atoms with Crippen LogP contribution in [0.15, 0.2) is 53.5 Å². The van der Waals surface area contributed by atoms with Crippen LogP contribution in [0.2, 0.25) is 0 Å². The predicted octanol–water partition coefficient (Wildman–Crippen LogP) is 4.21. The van der Waals surface area contributed by atoms with Crippen molar-refractivity contribution in [2.45, 2.75) is 33.3 Å². The SMILES string of the molecule is Cc1c[nH]c(=O)n1-c1ccc(C(=O)Nc2cc(F)ccc2NC(=O)OC(C)(C)C)cc1. The molecule has 0 atom stereocenters. The van der Waals surface area contributed by atoms with Gasteiger partial charge in [-0.05, 0) is 70.2 Å². The van der Waals surface area contributed by atoms with Crippen LogP contribution in [-0.2, 0) is 4.74 Å². The number of imidazole rings is 1. The van der Waals surface area contributed by atoms with E-state index in [1.807, 2.05) is 0 Å². The van der Waals surface area contributed by atoms with E-state index in [1.165, 1.54) is 10.6 Å². The summed E-state index contributed by atoms with van der Waals surface area (Å²) < 4.78 is 20.4. The number of amides is 2. The molecule has 0 aliphatic heterocycles. The molecule has 9 heteroatoms. The molecule has 2 aromatic carbocycles. The van der Waals surface area contributed by atoms with Gasteiger partial charge in [-0.15, -0.1) is 0 Å². The van der Waals surface area contributed by atoms with Gasteiger partial charge >= 0.3 is 11.8 Å². The van der Waals surface area contributed by atoms with Crippen LogP contribution in [0.1, 0.15) is 36.8 Å². The second kappa shape index (κ2) is 8.47. The molecule has 2 amide bonds. The number of aromatic nitrogens is 2. The molecule has 0 saturated heterocycles. The highest BCUT2D eigenvalue weighted by molar-refractivity contribution is 6.07. The quantitative estimate of drug-likeness (QED) is 0.581. The van der Waals surface area contributed by atoms with Crippen LogP contribution in [0, 0.1) is 12.7 Å². The number of halogens is 1. The van der Waals surface area contributed by atoms with Crippen LogP contribution in [0.3, 0.4) is 0 Å². The fourth-order valence-electron chi connectivity index (χ4n) is 2.88. The van der Waals surface area contributed by atoms with Crippen LogP contribution < -0.4 is 16.3 Å². The first kappa shape index (κ1) is 21.8. The Balaban J connectivity index is 1.79. The molecule has 0 unspecified atom stereocenters. The third-order valence-corrected chi connectivity index (χ3v) is 4.21. The number of hydrogen-bond acceptors (Lipinski definition) is 4. The normalized spacial score (nSPS) is 11.1. The molecule has 31 heavy (non-hydrogen) atoms. The van der Waals surface area contributed by atoms with Crippen molar-refractivity contribution in [3.05, 3.63) is 76.2 Å². The first-order valence-electron chi connectivity index (χ1n) is 9.52. The Hall–Kier alpha value is -3.88. The van der Waals surface area contributed by atoms with E-state index in [-0.39, 0.29) is 22.6 Å². The zero-order valence-corrected chi connectivity index (χ0v) is 17.6. The van der Waals surface area contributed by atoms with Crippen molar-refractivity contribution in [1.82, 2.24) is 9.55 Å². The van der Waals surface area contributed by atoms with Crippen LogP contribution in [0.5, 0.6) is 0 Å². The van der Waals surface area contributed by atoms with Gasteiger partial charge in [-0.2, -0.15) is 0 Å². The number of nitrogens with one attached hydrogen (secondary N) is 3. The lowest BCUT2D eigenvalue weighted by atomic mass is 10.1. The number of aromatic amines is 1. The molecule has 1 aromatic heterocycles. The second-order valence-electron chi connectivity index (χ2n) is 7.89. The topological polar surface area (TPSA) is 105 Å². The highest BCUT2D eigenvalue weighted by Crippen LogP contribution is 2.24. The van der Waals surface area contributed by atoms with Crippen molar-refractivity contribution in [2.75, 3.05) is 10.6 Å². The molecule has 0 aliphatic rings. The minimum atomic E-state index is -0.730. The average Bonchev–Trinajstić information content (AvgIpc) is 3.01. The molecule has 0 aliphatic carbocycles. The van der Waals surface area contributed by atoms with Gasteiger partial charge in [0.2, 0.25) is 0 Å². The van der Waals surface area contributed by atoms with Crippen LogP contribution in [0.4, 0.5) is 20.6 Å². The lowest BCUT2D eigenvalue weighted by Crippen LogP contribution is -2.27. The number of H-pyrrole nitrogens is 1. The number of carbonyl (C=O) groups is 2. The molecule has 0 bridgehead atoms. The number of benzene rings is 2. The molecule has 0 spiro atoms. The van der Waals surface area contributed by atoms with Crippen LogP contribution in [-0.4, -0.2) is 27.2 Å². The van der Waals surface area contributed by atoms with Crippen molar-refractivity contribution < 1.29 is 18.7 Å². The third kappa shape index (κ3) is 5.39. The monoisotopic (exact) mass is 426 g/mol. The van der Waals surface area contributed by atoms with E-state index in [4.69, 9.17) is 4.74 Å². The first-order chi connectivity index (χ1) is 14.5. The highest BCUT2D eigenvalue weighted by atomic mass is 19.1. The number of hydrogen-bond donors (Lipinski definition) is 3. The summed E-state index contributed by atoms with van der Waals surface area (Å²) in [6.07, 6.45) is 0.859. The van der Waals surface area contributed by atoms with Crippen molar-refractivity contribution in [3.8, 4) is 5.69 Å². The lowest BCUT2D eigenvalue weighted by molar-refractivity contribution is 0.0635. The van der Waals surface area contributed by atoms with Gasteiger partial charge in [0.15, 0.2) is 0 Å². The van der Waals surface area contributed by atoms with Crippen molar-refractivity contribution >= 4 is 23.4 Å². The Kier molecular flexibility index (Phi) is 5.96. The molecule has 3 aromatic rings. The van der Waals surface area contributed by atoms with E-state index in [0.29, 0.717) is 5.69 Å². The Morgan fingerprint density at radius 3 is 2.29 bits per heavy atom. The molecule has 3 N–H and O–H groups in total. The van der Waals surface area contributed by atoms with E-state index in [1.54, 1.807) is 58.2 Å². The van der Waals surface area contributed by atoms with Crippen LogP contribution in [0.25, 0.3) is 5.69 Å². The van der Waals surface area contributed by atoms with Gasteiger partial charge in [-0.1, -0.05) is 0 Å². The average molecular weight is 426 g/mol. The minimum Gasteiger partial charge on any atom is -0.444 e. The summed E-state index contributed by atoms with van der Waals surface area (Å²) in [5.41, 5.74) is 0.880. The molecule has 162 valence electrons. The fraction of sp³-hybridized carbons (Fsp3) is 0.227. The van der Waals surface area contributed by atoms with Crippen molar-refractivity contribution in [1.29, 1.82) is 0 Å². The van der Waals surface area contributed by atoms with Gasteiger partial charge in [-0.25, -0.2) is 14.0 Å². The number of carbonyl (C=O) groups excluding carboxylic acids is 2. The van der Waals surface area contributed by atoms with E-state index < -0.39 is 23.4 Å². The molecule has 3 rings (SSSR count). The second-order valence-corrected chi connectivity index (χ2v) is 7.89. The maximum absolute atomic E-state index is 13.8. The van der Waals surface area contributed by atoms with Crippen molar-refractivity contribution in [3.63, 3.8) is 0 Å². The number of ether oxygens (including phenoxy) is 1. The van der Waals surface area contributed by atoms with Gasteiger partial charge < -0.3 is 15.0 Å². The lowest BCUT2D eigenvalue weighted by Gasteiger charge is -2.20. The number of nitrogens with zero attached hydrogens (tertiary/aromatic N) is 1. The molecule has 0 radical (unpaired) electrons. The Morgan fingerprint density at radius 2 is 1.71 bits per heavy atom. The molecule has 8 nitrogen and oxygen atoms in total. The number of aryl methyl sites for hydroxylation is 1. The number of anilines is 2. The highest BCUT2D eigenvalue weighted by Gasteiger charge is 2.18. The van der Waals surface area contributed by atoms with Gasteiger partial charge in [0.1, 0.15) is 11.4 Å². The summed E-state index contributed by atoms with van der Waals surface area (Å²) in [5, 5.41) is 5.10. The summed E-state index contributed by atoms with van der Waals surface area (Å²) in [6.45, 7) is 6.92. The fourth-order valence-corrected chi connectivity index (χ4v) is 2.88. The van der Waals surface area contributed by atoms with Gasteiger partial charge in [0.25, 0.3) is 5.91 Å². The summed E-state index contributed by atoms with van der Waals surface area (Å²) in [7, 11) is 0. The summed E-state index contributed by atoms with van der Waals surface area (Å²) in [5.74, 6) is -1.09. The maximum atomic E-state index is 13.8. The van der Waals surface area contributed by atoms with E-state index in [2.05, 4.69) is 15.6 Å². The molecule has 0 fully saturated rings. The Labute approximate surface area is 178 Å². The molecular weight excluding hydrogens is 403 g/mol. The summed E-state index contributed by atoms with van der Waals surface area (Å²) in [6, 6.07) is 9.94. The standard InChI is InChI=1S/C22H23FN4O4/c1-13-12-24-20(29)27(13)16-8-5-14(6-9-16)19(28)25-18-11-15(23)7-10-17(18)26-21(30)31-22(2,3)4/h5-12H,1-4H3,(H,24,29)(H,25,28)(H,26,30). The van der Waals surface area contributed by atoms with E-state index in [0.717, 1.165) is 17.8 Å². The smallest absolute Gasteiger partial charge is 0.412 e. The maximum Gasteiger partial charge on any atom is 0.412 e. The first-order valence-corrected chi connectivity index (χ1v) is 9.52. The van der Waals surface area contributed by atoms with Crippen molar-refractivity contribution in [2.24, 2.45) is 0 Å². The summed E-state index contributed by atoms with van der Waals surface area (Å²) >= 11 is 0. The van der Waals surface area contributed by atoms with Crippen LogP contribution >= 0.6 is 0 Å². The number of rotatable bonds is 4. The van der Waals surface area contributed by atoms with Gasteiger partial charge in [0, 0.05) is 17.5 Å². The van der Waals surface area contributed by atoms with E-state index >= 15 is 0 Å². The van der Waals surface area contributed by atoms with Gasteiger partial charge in [0.05, 0.1) is 17.1 Å². The largest absolute Gasteiger partial charge is 0.444 e. The zero-order chi connectivity index (χ0) is 22.8. The van der Waals surface area contributed by atoms with Gasteiger partial charge in [-0.3, -0.25) is 14.7 Å². The molecule has 1 heterocycles. The third-order valence-electron chi connectivity index (χ3n) is 4.21. The Bertz CT molecular complexity index is 1170. The Morgan fingerprint density at radius 1 is 1.03 bits per heavy atom. The minimum absolute atomic E-state index is 0.0811. The predicted molar refractivity (Wildman–Crippen MR) is 115 cm³/mol. The molecule has 0 saturated carbocycles. The summed E-state index contributed by atoms with van der Waals surface area (Å²) in [4.78, 5) is 39.2. The molecular formula is C22H23FN4O4. The van der Waals surface area contributed by atoms with E-state index in [9.17, 15) is 18.8 Å².